The molecule has 1 aromatic heterocycles. The van der Waals surface area contributed by atoms with E-state index in [4.69, 9.17) is 0 Å². The van der Waals surface area contributed by atoms with Gasteiger partial charge in [-0.1, -0.05) is 6.92 Å². The highest BCUT2D eigenvalue weighted by atomic mass is 19.1. The van der Waals surface area contributed by atoms with Gasteiger partial charge in [-0.25, -0.2) is 9.37 Å². The molecule has 0 saturated carbocycles. The Bertz CT molecular complexity index is 424. The lowest BCUT2D eigenvalue weighted by molar-refractivity contribution is 0.273. The summed E-state index contributed by atoms with van der Waals surface area (Å²) in [5, 5.41) is 3.16. The molecule has 2 rings (SSSR count). The lowest BCUT2D eigenvalue weighted by atomic mass is 10.1. The van der Waals surface area contributed by atoms with Crippen molar-refractivity contribution in [1.29, 1.82) is 0 Å². The molecular weight excluding hydrogens is 243 g/mol. The van der Waals surface area contributed by atoms with Gasteiger partial charge in [-0.05, 0) is 26.6 Å². The molecule has 0 radical (unpaired) electrons. The maximum absolute atomic E-state index is 14.5. The minimum atomic E-state index is -0.181. The van der Waals surface area contributed by atoms with Gasteiger partial charge in [0.25, 0.3) is 0 Å². The predicted octanol–water partition coefficient (Wildman–Crippen LogP) is 1.47. The van der Waals surface area contributed by atoms with Crippen LogP contribution in [-0.4, -0.2) is 49.2 Å². The number of rotatable bonds is 4. The van der Waals surface area contributed by atoms with Gasteiger partial charge in [-0.2, -0.15) is 0 Å². The monoisotopic (exact) mass is 266 g/mol. The molecule has 1 aromatic rings. The molecule has 1 unspecified atom stereocenters. The van der Waals surface area contributed by atoms with Crippen LogP contribution in [0.3, 0.4) is 0 Å². The molecule has 0 aliphatic carbocycles. The molecule has 19 heavy (non-hydrogen) atoms. The molecule has 1 aliphatic rings. The Morgan fingerprint density at radius 2 is 2.26 bits per heavy atom. The molecule has 1 saturated heterocycles. The van der Waals surface area contributed by atoms with E-state index in [1.54, 1.807) is 12.3 Å². The van der Waals surface area contributed by atoms with Gasteiger partial charge < -0.3 is 15.1 Å². The first-order valence-electron chi connectivity index (χ1n) is 6.92. The lowest BCUT2D eigenvalue weighted by Crippen LogP contribution is -2.51. The smallest absolute Gasteiger partial charge is 0.170 e. The number of hydrogen-bond donors (Lipinski definition) is 1. The van der Waals surface area contributed by atoms with Crippen LogP contribution in [0.5, 0.6) is 0 Å². The largest absolute Gasteiger partial charge is 0.349 e. The van der Waals surface area contributed by atoms with Crippen LogP contribution in [0.25, 0.3) is 0 Å². The Morgan fingerprint density at radius 1 is 1.47 bits per heavy atom. The Hall–Kier alpha value is -1.20. The van der Waals surface area contributed by atoms with Gasteiger partial charge in [-0.15, -0.1) is 0 Å². The van der Waals surface area contributed by atoms with Crippen molar-refractivity contribution in [2.24, 2.45) is 0 Å². The SMILES string of the molecule is CCNCc1ccnc(N2CCN(C)CC2C)c1F. The van der Waals surface area contributed by atoms with Crippen LogP contribution in [0.4, 0.5) is 10.2 Å². The standard InChI is InChI=1S/C14H23FN4/c1-4-16-9-12-5-6-17-14(13(12)15)19-8-7-18(3)10-11(19)2/h5-6,11,16H,4,7-10H2,1-3H3. The highest BCUT2D eigenvalue weighted by Gasteiger charge is 2.25. The fourth-order valence-corrected chi connectivity index (χ4v) is 2.52. The van der Waals surface area contributed by atoms with E-state index in [1.807, 2.05) is 6.92 Å². The molecule has 1 N–H and O–H groups in total. The second kappa shape index (κ2) is 6.30. The summed E-state index contributed by atoms with van der Waals surface area (Å²) in [5.41, 5.74) is 0.693. The molecule has 2 heterocycles. The summed E-state index contributed by atoms with van der Waals surface area (Å²) in [5.74, 6) is 0.316. The fourth-order valence-electron chi connectivity index (χ4n) is 2.52. The highest BCUT2D eigenvalue weighted by Crippen LogP contribution is 2.23. The first kappa shape index (κ1) is 14.2. The van der Waals surface area contributed by atoms with Crippen molar-refractivity contribution in [3.8, 4) is 0 Å². The molecule has 1 atom stereocenters. The maximum atomic E-state index is 14.5. The molecule has 0 spiro atoms. The molecule has 1 aliphatic heterocycles. The van der Waals surface area contributed by atoms with Crippen LogP contribution in [-0.2, 0) is 6.54 Å². The fraction of sp³-hybridized carbons (Fsp3) is 0.643. The molecule has 5 heteroatoms. The summed E-state index contributed by atoms with van der Waals surface area (Å²) in [6.45, 7) is 8.24. The number of nitrogens with zero attached hydrogens (tertiary/aromatic N) is 3. The molecule has 0 amide bonds. The van der Waals surface area contributed by atoms with Gasteiger partial charge in [0.2, 0.25) is 0 Å². The third kappa shape index (κ3) is 3.22. The lowest BCUT2D eigenvalue weighted by Gasteiger charge is -2.39. The second-order valence-electron chi connectivity index (χ2n) is 5.19. The van der Waals surface area contributed by atoms with Gasteiger partial charge >= 0.3 is 0 Å². The highest BCUT2D eigenvalue weighted by molar-refractivity contribution is 5.44. The van der Waals surface area contributed by atoms with E-state index >= 15 is 0 Å². The van der Waals surface area contributed by atoms with E-state index in [9.17, 15) is 4.39 Å². The summed E-state index contributed by atoms with van der Waals surface area (Å²) < 4.78 is 14.5. The van der Waals surface area contributed by atoms with Gasteiger partial charge in [0.05, 0.1) is 0 Å². The number of nitrogens with one attached hydrogen (secondary N) is 1. The molecule has 0 bridgehead atoms. The van der Waals surface area contributed by atoms with Crippen LogP contribution in [0, 0.1) is 5.82 Å². The third-order valence-corrected chi connectivity index (χ3v) is 3.62. The maximum Gasteiger partial charge on any atom is 0.170 e. The summed E-state index contributed by atoms with van der Waals surface area (Å²) in [6.07, 6.45) is 1.70. The third-order valence-electron chi connectivity index (χ3n) is 3.62. The zero-order valence-corrected chi connectivity index (χ0v) is 12.0. The van der Waals surface area contributed by atoms with Crippen LogP contribution in [0.15, 0.2) is 12.3 Å². The molecular formula is C14H23FN4. The number of piperazine rings is 1. The molecule has 4 nitrogen and oxygen atoms in total. The van der Waals surface area contributed by atoms with E-state index in [0.717, 1.165) is 26.2 Å². The Kier molecular flexibility index (Phi) is 4.71. The van der Waals surface area contributed by atoms with Crippen molar-refractivity contribution in [2.45, 2.75) is 26.4 Å². The average molecular weight is 266 g/mol. The minimum absolute atomic E-state index is 0.181. The number of likely N-dealkylation sites (N-methyl/N-ethyl adjacent to an activating group) is 1. The number of pyridine rings is 1. The van der Waals surface area contributed by atoms with Crippen LogP contribution in [0.1, 0.15) is 19.4 Å². The first-order chi connectivity index (χ1) is 9.13. The number of halogens is 1. The Balaban J connectivity index is 2.19. The Labute approximate surface area is 114 Å². The van der Waals surface area contributed by atoms with Gasteiger partial charge in [0, 0.05) is 44.0 Å². The zero-order chi connectivity index (χ0) is 13.8. The topological polar surface area (TPSA) is 31.4 Å². The van der Waals surface area contributed by atoms with Crippen molar-refractivity contribution in [1.82, 2.24) is 15.2 Å². The van der Waals surface area contributed by atoms with Crippen LogP contribution >= 0.6 is 0 Å². The van der Waals surface area contributed by atoms with Crippen molar-refractivity contribution in [2.75, 3.05) is 38.1 Å². The van der Waals surface area contributed by atoms with E-state index in [1.165, 1.54) is 0 Å². The first-order valence-corrected chi connectivity index (χ1v) is 6.92. The summed E-state index contributed by atoms with van der Waals surface area (Å²) in [6, 6.07) is 2.04. The number of aromatic nitrogens is 1. The Morgan fingerprint density at radius 3 is 2.95 bits per heavy atom. The van der Waals surface area contributed by atoms with E-state index in [0.29, 0.717) is 17.9 Å². The summed E-state index contributed by atoms with van der Waals surface area (Å²) in [7, 11) is 2.10. The molecule has 0 aromatic carbocycles. The summed E-state index contributed by atoms with van der Waals surface area (Å²) in [4.78, 5) is 8.59. The normalized spacial score (nSPS) is 20.8. The van der Waals surface area contributed by atoms with Gasteiger partial charge in [0.1, 0.15) is 0 Å². The summed E-state index contributed by atoms with van der Waals surface area (Å²) >= 11 is 0. The van der Waals surface area contributed by atoms with Crippen LogP contribution in [0.2, 0.25) is 0 Å². The second-order valence-corrected chi connectivity index (χ2v) is 5.19. The van der Waals surface area contributed by atoms with Crippen LogP contribution < -0.4 is 10.2 Å². The van der Waals surface area contributed by atoms with Gasteiger partial charge in [-0.3, -0.25) is 0 Å². The van der Waals surface area contributed by atoms with Crippen molar-refractivity contribution in [3.05, 3.63) is 23.6 Å². The minimum Gasteiger partial charge on any atom is -0.349 e. The number of anilines is 1. The number of hydrogen-bond acceptors (Lipinski definition) is 4. The predicted molar refractivity (Wildman–Crippen MR) is 75.9 cm³/mol. The van der Waals surface area contributed by atoms with E-state index in [2.05, 4.69) is 34.1 Å². The van der Waals surface area contributed by atoms with E-state index in [-0.39, 0.29) is 11.9 Å². The molecule has 1 fully saturated rings. The van der Waals surface area contributed by atoms with Crippen molar-refractivity contribution < 1.29 is 4.39 Å². The average Bonchev–Trinajstić information content (AvgIpc) is 2.38. The van der Waals surface area contributed by atoms with Crippen molar-refractivity contribution in [3.63, 3.8) is 0 Å². The van der Waals surface area contributed by atoms with Crippen molar-refractivity contribution >= 4 is 5.82 Å². The molecule has 106 valence electrons. The van der Waals surface area contributed by atoms with E-state index < -0.39 is 0 Å². The zero-order valence-electron chi connectivity index (χ0n) is 12.0. The van der Waals surface area contributed by atoms with Gasteiger partial charge in [0.15, 0.2) is 11.6 Å². The quantitative estimate of drug-likeness (QED) is 0.894.